The Balaban J connectivity index is 2.28. The molecule has 0 fully saturated rings. The van der Waals surface area contributed by atoms with E-state index in [9.17, 15) is 9.59 Å². The van der Waals surface area contributed by atoms with E-state index in [4.69, 9.17) is 0 Å². The van der Waals surface area contributed by atoms with Gasteiger partial charge in [-0.1, -0.05) is 108 Å². The molecule has 0 saturated carbocycles. The molecule has 5 heteroatoms. The summed E-state index contributed by atoms with van der Waals surface area (Å²) in [5, 5.41) is 0. The summed E-state index contributed by atoms with van der Waals surface area (Å²) >= 11 is 0. The van der Waals surface area contributed by atoms with Crippen LogP contribution in [0.5, 0.6) is 0 Å². The van der Waals surface area contributed by atoms with E-state index >= 15 is 0 Å². The third-order valence-corrected chi connectivity index (χ3v) is 13.6. The topological polar surface area (TPSA) is 44.0 Å². The minimum Gasteiger partial charge on any atom is -0.281 e. The van der Waals surface area contributed by atoms with Gasteiger partial charge in [-0.05, 0) is 34.7 Å². The lowest BCUT2D eigenvalue weighted by Crippen LogP contribution is -2.44. The fraction of sp³-hybridized carbons (Fsp3) is 0.400. The normalized spacial score (nSPS) is 11.7. The van der Waals surface area contributed by atoms with Gasteiger partial charge < -0.3 is 0 Å². The first kappa shape index (κ1) is 26.5. The van der Waals surface area contributed by atoms with Gasteiger partial charge in [0.15, 0.2) is 0 Å². The maximum absolute atomic E-state index is 13.8. The zero-order chi connectivity index (χ0) is 25.8. The van der Waals surface area contributed by atoms with E-state index in [0.717, 1.165) is 11.1 Å². The Hall–Kier alpha value is -3.10. The molecule has 0 radical (unpaired) electrons. The highest BCUT2D eigenvalue weighted by Gasteiger charge is 2.41. The van der Waals surface area contributed by atoms with Gasteiger partial charge in [-0.25, -0.2) is 4.79 Å². The van der Waals surface area contributed by atoms with Gasteiger partial charge in [-0.15, -0.1) is 5.54 Å². The number of hydrogen-bond acceptors (Lipinski definition) is 2. The average Bonchev–Trinajstić information content (AvgIpc) is 2.83. The van der Waals surface area contributed by atoms with Crippen molar-refractivity contribution in [2.75, 3.05) is 0 Å². The van der Waals surface area contributed by atoms with Crippen molar-refractivity contribution in [3.8, 4) is 11.5 Å². The van der Waals surface area contributed by atoms with Crippen molar-refractivity contribution in [2.45, 2.75) is 78.2 Å². The fourth-order valence-corrected chi connectivity index (χ4v) is 10.6. The predicted molar refractivity (Wildman–Crippen MR) is 149 cm³/mol. The van der Waals surface area contributed by atoms with Crippen molar-refractivity contribution >= 4 is 8.07 Å². The third-order valence-electron chi connectivity index (χ3n) is 7.28. The zero-order valence-electron chi connectivity index (χ0n) is 22.1. The van der Waals surface area contributed by atoms with Crippen molar-refractivity contribution in [1.29, 1.82) is 0 Å². The van der Waals surface area contributed by atoms with Crippen LogP contribution in [-0.2, 0) is 13.1 Å². The minimum absolute atomic E-state index is 0.241. The van der Waals surface area contributed by atoms with Crippen LogP contribution >= 0.6 is 0 Å². The Morgan fingerprint density at radius 2 is 1.14 bits per heavy atom. The summed E-state index contributed by atoms with van der Waals surface area (Å²) in [6.07, 6.45) is 0. The highest BCUT2D eigenvalue weighted by molar-refractivity contribution is 6.90. The van der Waals surface area contributed by atoms with E-state index in [1.54, 1.807) is 11.5 Å². The summed E-state index contributed by atoms with van der Waals surface area (Å²) in [6.45, 7) is 16.0. The van der Waals surface area contributed by atoms with Gasteiger partial charge in [0.05, 0.1) is 13.1 Å². The summed E-state index contributed by atoms with van der Waals surface area (Å²) in [5.74, 6) is 3.42. The van der Waals surface area contributed by atoms with Gasteiger partial charge in [-0.2, -0.15) is 0 Å². The molecule has 3 rings (SSSR count). The van der Waals surface area contributed by atoms with Crippen molar-refractivity contribution in [2.24, 2.45) is 0 Å². The second kappa shape index (κ2) is 11.1. The SMILES string of the molecule is Cc1c(C#C[Si](C(C)C)(C(C)C)C(C)C)n(Cc2ccccc2)c(=O)n(Cc2ccccc2)c1=O. The molecule has 35 heavy (non-hydrogen) atoms. The first-order chi connectivity index (χ1) is 16.6. The Morgan fingerprint density at radius 3 is 1.57 bits per heavy atom. The second-order valence-electron chi connectivity index (χ2n) is 10.4. The molecule has 0 spiro atoms. The Bertz CT molecular complexity index is 1300. The highest BCUT2D eigenvalue weighted by atomic mass is 28.3. The Morgan fingerprint density at radius 1 is 0.714 bits per heavy atom. The van der Waals surface area contributed by atoms with Crippen LogP contribution in [-0.4, -0.2) is 17.2 Å². The summed E-state index contributed by atoms with van der Waals surface area (Å²) in [7, 11) is -2.04. The van der Waals surface area contributed by atoms with Gasteiger partial charge in [0.1, 0.15) is 13.8 Å². The van der Waals surface area contributed by atoms with Gasteiger partial charge in [0, 0.05) is 5.56 Å². The van der Waals surface area contributed by atoms with Gasteiger partial charge in [-0.3, -0.25) is 13.9 Å². The number of hydrogen-bond donors (Lipinski definition) is 0. The van der Waals surface area contributed by atoms with Crippen LogP contribution in [0.15, 0.2) is 70.3 Å². The minimum atomic E-state index is -2.04. The molecule has 0 saturated heterocycles. The summed E-state index contributed by atoms with van der Waals surface area (Å²) in [6, 6.07) is 19.5. The molecule has 0 aliphatic carbocycles. The Kier molecular flexibility index (Phi) is 8.40. The first-order valence-corrected chi connectivity index (χ1v) is 14.8. The van der Waals surface area contributed by atoms with Crippen LogP contribution in [0.25, 0.3) is 0 Å². The fourth-order valence-electron chi connectivity index (χ4n) is 5.41. The maximum atomic E-state index is 13.8. The van der Waals surface area contributed by atoms with E-state index in [0.29, 0.717) is 34.4 Å². The molecule has 0 N–H and O–H groups in total. The van der Waals surface area contributed by atoms with Crippen LogP contribution in [0.2, 0.25) is 16.6 Å². The number of rotatable bonds is 7. The quantitative estimate of drug-likeness (QED) is 0.304. The molecule has 0 amide bonds. The van der Waals surface area contributed by atoms with Crippen LogP contribution in [0.1, 0.15) is 63.9 Å². The van der Waals surface area contributed by atoms with Gasteiger partial charge in [0.25, 0.3) is 5.56 Å². The molecule has 0 unspecified atom stereocenters. The average molecular weight is 487 g/mol. The summed E-state index contributed by atoms with van der Waals surface area (Å²) in [5.41, 5.74) is 7.52. The Labute approximate surface area is 210 Å². The van der Waals surface area contributed by atoms with Crippen molar-refractivity contribution in [3.05, 3.63) is 104 Å². The molecule has 3 aromatic rings. The molecule has 0 atom stereocenters. The first-order valence-electron chi connectivity index (χ1n) is 12.5. The van der Waals surface area contributed by atoms with E-state index in [1.807, 2.05) is 60.7 Å². The molecule has 1 heterocycles. The molecule has 184 valence electrons. The monoisotopic (exact) mass is 486 g/mol. The van der Waals surface area contributed by atoms with Gasteiger partial charge in [0.2, 0.25) is 0 Å². The molecule has 2 aromatic carbocycles. The van der Waals surface area contributed by atoms with E-state index in [-0.39, 0.29) is 17.8 Å². The van der Waals surface area contributed by atoms with Crippen LogP contribution in [0, 0.1) is 18.4 Å². The van der Waals surface area contributed by atoms with Crippen molar-refractivity contribution in [1.82, 2.24) is 9.13 Å². The van der Waals surface area contributed by atoms with E-state index < -0.39 is 8.07 Å². The van der Waals surface area contributed by atoms with Gasteiger partial charge >= 0.3 is 5.69 Å². The maximum Gasteiger partial charge on any atom is 0.332 e. The molecule has 0 aliphatic heterocycles. The standard InChI is InChI=1S/C30H38N2O2Si/c1-22(2)35(23(3)4,24(5)6)19-18-28-25(7)29(33)32(21-27-16-12-9-13-17-27)30(34)31(28)20-26-14-10-8-11-15-26/h8-17,22-24H,20-21H2,1-7H3. The molecule has 1 aromatic heterocycles. The lowest BCUT2D eigenvalue weighted by Gasteiger charge is -2.38. The molecule has 0 aliphatic rings. The number of benzene rings is 2. The number of aromatic nitrogens is 2. The molecule has 4 nitrogen and oxygen atoms in total. The molecule has 0 bridgehead atoms. The number of nitrogens with zero attached hydrogens (tertiary/aromatic N) is 2. The smallest absolute Gasteiger partial charge is 0.281 e. The highest BCUT2D eigenvalue weighted by Crippen LogP contribution is 2.40. The zero-order valence-corrected chi connectivity index (χ0v) is 23.1. The van der Waals surface area contributed by atoms with Crippen LogP contribution < -0.4 is 11.2 Å². The van der Waals surface area contributed by atoms with Crippen molar-refractivity contribution < 1.29 is 0 Å². The van der Waals surface area contributed by atoms with E-state index in [1.165, 1.54) is 4.57 Å². The second-order valence-corrected chi connectivity index (χ2v) is 15.9. The third kappa shape index (κ3) is 5.44. The lowest BCUT2D eigenvalue weighted by molar-refractivity contribution is 0.600. The largest absolute Gasteiger partial charge is 0.332 e. The van der Waals surface area contributed by atoms with Crippen LogP contribution in [0.3, 0.4) is 0 Å². The predicted octanol–water partition coefficient (Wildman–Crippen LogP) is 5.98. The van der Waals surface area contributed by atoms with E-state index in [2.05, 4.69) is 53.0 Å². The summed E-state index contributed by atoms with van der Waals surface area (Å²) in [4.78, 5) is 27.2. The summed E-state index contributed by atoms with van der Waals surface area (Å²) < 4.78 is 3.04. The molecular formula is C30H38N2O2Si. The lowest BCUT2D eigenvalue weighted by atomic mass is 10.2. The molecular weight excluding hydrogens is 448 g/mol. The van der Waals surface area contributed by atoms with Crippen LogP contribution in [0.4, 0.5) is 0 Å². The van der Waals surface area contributed by atoms with Crippen molar-refractivity contribution in [3.63, 3.8) is 0 Å².